The molecule has 20 heavy (non-hydrogen) atoms. The highest BCUT2D eigenvalue weighted by Crippen LogP contribution is 2.20. The highest BCUT2D eigenvalue weighted by atomic mass is 16.5. The first-order chi connectivity index (χ1) is 9.72. The van der Waals surface area contributed by atoms with Crippen molar-refractivity contribution in [3.05, 3.63) is 0 Å². The van der Waals surface area contributed by atoms with E-state index in [4.69, 9.17) is 4.74 Å². The van der Waals surface area contributed by atoms with Crippen molar-refractivity contribution < 1.29 is 14.3 Å². The first-order valence-corrected chi connectivity index (χ1v) is 7.57. The van der Waals surface area contributed by atoms with Crippen LogP contribution in [0.5, 0.6) is 0 Å². The van der Waals surface area contributed by atoms with Crippen LogP contribution in [-0.2, 0) is 14.3 Å². The fourth-order valence-electron chi connectivity index (χ4n) is 2.80. The van der Waals surface area contributed by atoms with Crippen molar-refractivity contribution in [1.29, 1.82) is 0 Å². The second-order valence-electron chi connectivity index (χ2n) is 5.37. The zero-order chi connectivity index (χ0) is 14.4. The van der Waals surface area contributed by atoms with E-state index < -0.39 is 0 Å². The Bertz CT molecular complexity index is 343. The first-order valence-electron chi connectivity index (χ1n) is 7.57. The summed E-state index contributed by atoms with van der Waals surface area (Å²) in [5, 5.41) is 3.23. The molecule has 6 heteroatoms. The van der Waals surface area contributed by atoms with Gasteiger partial charge in [-0.2, -0.15) is 0 Å². The van der Waals surface area contributed by atoms with Gasteiger partial charge in [-0.3, -0.25) is 9.59 Å². The van der Waals surface area contributed by atoms with Gasteiger partial charge in [0.2, 0.25) is 11.8 Å². The molecule has 1 unspecified atom stereocenters. The van der Waals surface area contributed by atoms with Gasteiger partial charge in [-0.25, -0.2) is 0 Å². The van der Waals surface area contributed by atoms with E-state index in [0.29, 0.717) is 32.7 Å². The number of ether oxygens (including phenoxy) is 1. The van der Waals surface area contributed by atoms with Gasteiger partial charge in [0.15, 0.2) is 0 Å². The molecular formula is C14H25N3O3. The van der Waals surface area contributed by atoms with Gasteiger partial charge in [0.05, 0.1) is 5.92 Å². The first kappa shape index (κ1) is 15.3. The quantitative estimate of drug-likeness (QED) is 0.680. The van der Waals surface area contributed by atoms with E-state index >= 15 is 0 Å². The zero-order valence-electron chi connectivity index (χ0n) is 12.3. The Labute approximate surface area is 120 Å². The minimum Gasteiger partial charge on any atom is -0.382 e. The highest BCUT2D eigenvalue weighted by Gasteiger charge is 2.36. The van der Waals surface area contributed by atoms with Crippen molar-refractivity contribution in [2.24, 2.45) is 5.92 Å². The maximum atomic E-state index is 12.4. The number of amides is 2. The molecule has 2 heterocycles. The number of hydrogen-bond donors (Lipinski definition) is 1. The van der Waals surface area contributed by atoms with Crippen molar-refractivity contribution in [3.63, 3.8) is 0 Å². The minimum atomic E-state index is -0.146. The molecule has 0 radical (unpaired) electrons. The minimum absolute atomic E-state index is 0.106. The van der Waals surface area contributed by atoms with Crippen LogP contribution in [0.4, 0.5) is 0 Å². The number of nitrogens with one attached hydrogen (secondary N) is 1. The summed E-state index contributed by atoms with van der Waals surface area (Å²) in [6.07, 6.45) is 1.21. The Balaban J connectivity index is 1.77. The summed E-state index contributed by atoms with van der Waals surface area (Å²) in [7, 11) is 0. The predicted molar refractivity (Wildman–Crippen MR) is 75.2 cm³/mol. The molecule has 0 saturated carbocycles. The van der Waals surface area contributed by atoms with Gasteiger partial charge in [0.1, 0.15) is 0 Å². The molecule has 6 nitrogen and oxygen atoms in total. The molecule has 0 aromatic rings. The Morgan fingerprint density at radius 1 is 1.40 bits per heavy atom. The zero-order valence-corrected chi connectivity index (χ0v) is 12.3. The number of hydrogen-bond acceptors (Lipinski definition) is 4. The van der Waals surface area contributed by atoms with Gasteiger partial charge in [0.25, 0.3) is 0 Å². The second-order valence-corrected chi connectivity index (χ2v) is 5.37. The average molecular weight is 283 g/mol. The summed E-state index contributed by atoms with van der Waals surface area (Å²) in [6.45, 7) is 7.84. The molecular weight excluding hydrogens is 258 g/mol. The Morgan fingerprint density at radius 2 is 2.15 bits per heavy atom. The summed E-state index contributed by atoms with van der Waals surface area (Å²) in [5.41, 5.74) is 0. The van der Waals surface area contributed by atoms with Gasteiger partial charge >= 0.3 is 0 Å². The number of carbonyl (C=O) groups excluding carboxylic acids is 2. The lowest BCUT2D eigenvalue weighted by molar-refractivity contribution is -0.136. The van der Waals surface area contributed by atoms with Gasteiger partial charge in [-0.05, 0) is 13.3 Å². The van der Waals surface area contributed by atoms with Crippen LogP contribution in [0.3, 0.4) is 0 Å². The molecule has 0 aliphatic carbocycles. The van der Waals surface area contributed by atoms with Crippen LogP contribution in [0.1, 0.15) is 19.8 Å². The van der Waals surface area contributed by atoms with E-state index in [0.717, 1.165) is 32.6 Å². The summed E-state index contributed by atoms with van der Waals surface area (Å²) < 4.78 is 5.28. The second kappa shape index (κ2) is 7.59. The van der Waals surface area contributed by atoms with Gasteiger partial charge in [0, 0.05) is 58.9 Å². The Morgan fingerprint density at radius 3 is 2.85 bits per heavy atom. The normalized spacial score (nSPS) is 23.4. The SMILES string of the molecule is CCOCCCN1CC(C(=O)N2CCNCC2)CC1=O. The van der Waals surface area contributed by atoms with E-state index in [1.54, 1.807) is 0 Å². The number of piperazine rings is 1. The van der Waals surface area contributed by atoms with Crippen LogP contribution >= 0.6 is 0 Å². The predicted octanol–water partition coefficient (Wildman–Crippen LogP) is -0.307. The van der Waals surface area contributed by atoms with Crippen molar-refractivity contribution in [3.8, 4) is 0 Å². The molecule has 2 amide bonds. The van der Waals surface area contributed by atoms with E-state index in [9.17, 15) is 9.59 Å². The highest BCUT2D eigenvalue weighted by molar-refractivity contribution is 5.89. The topological polar surface area (TPSA) is 61.9 Å². The molecule has 2 aliphatic heterocycles. The number of carbonyl (C=O) groups is 2. The lowest BCUT2D eigenvalue weighted by atomic mass is 10.1. The smallest absolute Gasteiger partial charge is 0.228 e. The van der Waals surface area contributed by atoms with E-state index in [1.807, 2.05) is 16.7 Å². The number of nitrogens with zero attached hydrogens (tertiary/aromatic N) is 2. The summed E-state index contributed by atoms with van der Waals surface area (Å²) >= 11 is 0. The number of rotatable bonds is 6. The molecule has 0 aromatic carbocycles. The third-order valence-corrected chi connectivity index (χ3v) is 3.91. The average Bonchev–Trinajstić information content (AvgIpc) is 2.85. The third-order valence-electron chi connectivity index (χ3n) is 3.91. The lowest BCUT2D eigenvalue weighted by Crippen LogP contribution is -2.48. The molecule has 1 N–H and O–H groups in total. The van der Waals surface area contributed by atoms with Crippen molar-refractivity contribution in [2.75, 3.05) is 52.5 Å². The van der Waals surface area contributed by atoms with Gasteiger partial charge in [-0.1, -0.05) is 0 Å². The van der Waals surface area contributed by atoms with E-state index in [2.05, 4.69) is 5.32 Å². The molecule has 2 aliphatic rings. The third kappa shape index (κ3) is 3.93. The van der Waals surface area contributed by atoms with Gasteiger partial charge in [-0.15, -0.1) is 0 Å². The summed E-state index contributed by atoms with van der Waals surface area (Å²) in [5.74, 6) is 0.106. The van der Waals surface area contributed by atoms with E-state index in [-0.39, 0.29) is 17.7 Å². The Hall–Kier alpha value is -1.14. The molecule has 1 atom stereocenters. The Kier molecular flexibility index (Phi) is 5.79. The van der Waals surface area contributed by atoms with Crippen LogP contribution in [0.2, 0.25) is 0 Å². The molecule has 2 saturated heterocycles. The maximum absolute atomic E-state index is 12.4. The number of likely N-dealkylation sites (tertiary alicyclic amines) is 1. The molecule has 0 spiro atoms. The largest absolute Gasteiger partial charge is 0.382 e. The fraction of sp³-hybridized carbons (Fsp3) is 0.857. The van der Waals surface area contributed by atoms with Crippen LogP contribution < -0.4 is 5.32 Å². The van der Waals surface area contributed by atoms with Gasteiger partial charge < -0.3 is 19.9 Å². The monoisotopic (exact) mass is 283 g/mol. The summed E-state index contributed by atoms with van der Waals surface area (Å²) in [4.78, 5) is 28.0. The van der Waals surface area contributed by atoms with Crippen molar-refractivity contribution in [2.45, 2.75) is 19.8 Å². The van der Waals surface area contributed by atoms with Crippen LogP contribution in [0.25, 0.3) is 0 Å². The van der Waals surface area contributed by atoms with Crippen LogP contribution in [0, 0.1) is 5.92 Å². The van der Waals surface area contributed by atoms with Crippen molar-refractivity contribution in [1.82, 2.24) is 15.1 Å². The maximum Gasteiger partial charge on any atom is 0.228 e. The lowest BCUT2D eigenvalue weighted by Gasteiger charge is -2.29. The van der Waals surface area contributed by atoms with Crippen molar-refractivity contribution >= 4 is 11.8 Å². The van der Waals surface area contributed by atoms with Crippen LogP contribution in [-0.4, -0.2) is 74.1 Å². The standard InChI is InChI=1S/C14H25N3O3/c1-2-20-9-3-6-17-11-12(10-13(17)18)14(19)16-7-4-15-5-8-16/h12,15H,2-11H2,1H3. The molecule has 0 aromatic heterocycles. The molecule has 114 valence electrons. The molecule has 2 fully saturated rings. The fourth-order valence-corrected chi connectivity index (χ4v) is 2.80. The van der Waals surface area contributed by atoms with Crippen LogP contribution in [0.15, 0.2) is 0 Å². The van der Waals surface area contributed by atoms with E-state index in [1.165, 1.54) is 0 Å². The molecule has 2 rings (SSSR count). The molecule has 0 bridgehead atoms. The summed E-state index contributed by atoms with van der Waals surface area (Å²) in [6, 6.07) is 0.